The molecule has 0 unspecified atom stereocenters. The third-order valence-electron chi connectivity index (χ3n) is 3.29. The molecule has 1 aliphatic rings. The SMILES string of the molecule is C[C@H]1C(=O)NCCCN1C(=O)Nc1nc(C(C)(C)C)ns1. The van der Waals surface area contributed by atoms with E-state index in [1.54, 1.807) is 6.92 Å². The van der Waals surface area contributed by atoms with Gasteiger partial charge in [0.2, 0.25) is 11.0 Å². The number of hydrogen-bond donors (Lipinski definition) is 2. The standard InChI is InChI=1S/C13H21N5O2S/c1-8-9(19)14-6-5-7-18(8)12(20)16-11-15-10(17-21-11)13(2,3)4/h8H,5-7H2,1-4H3,(H,14,19)(H,15,16,17,20)/t8-/m0/s1. The fourth-order valence-electron chi connectivity index (χ4n) is 1.96. The zero-order valence-corrected chi connectivity index (χ0v) is 13.6. The third kappa shape index (κ3) is 3.69. The Morgan fingerprint density at radius 2 is 2.19 bits per heavy atom. The van der Waals surface area contributed by atoms with Crippen LogP contribution in [0.4, 0.5) is 9.93 Å². The van der Waals surface area contributed by atoms with Gasteiger partial charge in [-0.3, -0.25) is 10.1 Å². The number of anilines is 1. The maximum atomic E-state index is 12.3. The van der Waals surface area contributed by atoms with Gasteiger partial charge >= 0.3 is 6.03 Å². The predicted molar refractivity (Wildman–Crippen MR) is 81.4 cm³/mol. The Hall–Kier alpha value is -1.70. The van der Waals surface area contributed by atoms with Crippen molar-refractivity contribution in [3.05, 3.63) is 5.82 Å². The van der Waals surface area contributed by atoms with Crippen molar-refractivity contribution < 1.29 is 9.59 Å². The molecule has 21 heavy (non-hydrogen) atoms. The van der Waals surface area contributed by atoms with Crippen LogP contribution >= 0.6 is 11.5 Å². The Labute approximate surface area is 128 Å². The van der Waals surface area contributed by atoms with E-state index in [2.05, 4.69) is 20.0 Å². The van der Waals surface area contributed by atoms with Gasteiger partial charge in [-0.05, 0) is 13.3 Å². The monoisotopic (exact) mass is 311 g/mol. The van der Waals surface area contributed by atoms with E-state index in [4.69, 9.17) is 0 Å². The second-order valence-electron chi connectivity index (χ2n) is 6.12. The summed E-state index contributed by atoms with van der Waals surface area (Å²) in [4.78, 5) is 29.9. The predicted octanol–water partition coefficient (Wildman–Crippen LogP) is 1.58. The first-order valence-corrected chi connectivity index (χ1v) is 7.76. The van der Waals surface area contributed by atoms with Crippen molar-refractivity contribution in [2.24, 2.45) is 0 Å². The summed E-state index contributed by atoms with van der Waals surface area (Å²) in [5.74, 6) is 0.569. The molecule has 7 nitrogen and oxygen atoms in total. The molecule has 0 aliphatic carbocycles. The number of nitrogens with one attached hydrogen (secondary N) is 2. The van der Waals surface area contributed by atoms with Crippen molar-refractivity contribution in [1.29, 1.82) is 0 Å². The molecule has 8 heteroatoms. The van der Waals surface area contributed by atoms with E-state index in [0.717, 1.165) is 18.0 Å². The zero-order valence-electron chi connectivity index (χ0n) is 12.8. The molecule has 1 aromatic rings. The first-order valence-electron chi connectivity index (χ1n) is 6.98. The highest BCUT2D eigenvalue weighted by atomic mass is 32.1. The van der Waals surface area contributed by atoms with Gasteiger partial charge in [-0.2, -0.15) is 4.37 Å². The van der Waals surface area contributed by atoms with E-state index in [1.165, 1.54) is 4.90 Å². The number of carbonyl (C=O) groups excluding carboxylic acids is 2. The molecule has 1 aliphatic heterocycles. The summed E-state index contributed by atoms with van der Waals surface area (Å²) >= 11 is 1.16. The molecular formula is C13H21N5O2S. The highest BCUT2D eigenvalue weighted by Gasteiger charge is 2.28. The van der Waals surface area contributed by atoms with Crippen LogP contribution in [0.3, 0.4) is 0 Å². The van der Waals surface area contributed by atoms with Crippen molar-refractivity contribution in [3.8, 4) is 0 Å². The summed E-state index contributed by atoms with van der Waals surface area (Å²) in [6.07, 6.45) is 0.743. The molecule has 2 rings (SSSR count). The van der Waals surface area contributed by atoms with Crippen molar-refractivity contribution in [2.45, 2.75) is 45.6 Å². The van der Waals surface area contributed by atoms with Crippen molar-refractivity contribution in [2.75, 3.05) is 18.4 Å². The lowest BCUT2D eigenvalue weighted by atomic mass is 9.96. The number of urea groups is 1. The molecular weight excluding hydrogens is 290 g/mol. The lowest BCUT2D eigenvalue weighted by Crippen LogP contribution is -2.47. The Balaban J connectivity index is 2.06. The Morgan fingerprint density at radius 1 is 1.48 bits per heavy atom. The largest absolute Gasteiger partial charge is 0.354 e. The average Bonchev–Trinajstić information content (AvgIpc) is 2.79. The van der Waals surface area contributed by atoms with E-state index in [0.29, 0.717) is 24.0 Å². The topological polar surface area (TPSA) is 87.2 Å². The van der Waals surface area contributed by atoms with Crippen molar-refractivity contribution >= 4 is 28.6 Å². The molecule has 0 spiro atoms. The molecule has 1 aromatic heterocycles. The van der Waals surface area contributed by atoms with Crippen LogP contribution in [0, 0.1) is 0 Å². The molecule has 1 fully saturated rings. The van der Waals surface area contributed by atoms with Gasteiger partial charge in [0.15, 0.2) is 0 Å². The highest BCUT2D eigenvalue weighted by molar-refractivity contribution is 7.09. The smallest absolute Gasteiger partial charge is 0.324 e. The number of aromatic nitrogens is 2. The molecule has 1 saturated heterocycles. The van der Waals surface area contributed by atoms with Crippen LogP contribution in [0.5, 0.6) is 0 Å². The minimum Gasteiger partial charge on any atom is -0.354 e. The number of carbonyl (C=O) groups is 2. The van der Waals surface area contributed by atoms with Gasteiger partial charge in [-0.25, -0.2) is 9.78 Å². The van der Waals surface area contributed by atoms with E-state index in [1.807, 2.05) is 20.8 Å². The van der Waals surface area contributed by atoms with E-state index in [9.17, 15) is 9.59 Å². The molecule has 116 valence electrons. The van der Waals surface area contributed by atoms with E-state index in [-0.39, 0.29) is 17.4 Å². The summed E-state index contributed by atoms with van der Waals surface area (Å²) in [5, 5.41) is 5.98. The third-order valence-corrected chi connectivity index (χ3v) is 3.92. The summed E-state index contributed by atoms with van der Waals surface area (Å²) in [6.45, 7) is 8.91. The van der Waals surface area contributed by atoms with Crippen molar-refractivity contribution in [3.63, 3.8) is 0 Å². The molecule has 0 radical (unpaired) electrons. The highest BCUT2D eigenvalue weighted by Crippen LogP contribution is 2.23. The van der Waals surface area contributed by atoms with Crippen LogP contribution in [-0.4, -0.2) is 45.3 Å². The molecule has 2 heterocycles. The Morgan fingerprint density at radius 3 is 2.81 bits per heavy atom. The lowest BCUT2D eigenvalue weighted by Gasteiger charge is -2.25. The van der Waals surface area contributed by atoms with Gasteiger partial charge in [0.25, 0.3) is 0 Å². The number of amides is 3. The van der Waals surface area contributed by atoms with Crippen LogP contribution in [0.25, 0.3) is 0 Å². The molecule has 0 saturated carbocycles. The maximum absolute atomic E-state index is 12.3. The van der Waals surface area contributed by atoms with Gasteiger partial charge in [0, 0.05) is 30.0 Å². The maximum Gasteiger partial charge on any atom is 0.324 e. The summed E-state index contributed by atoms with van der Waals surface area (Å²) < 4.78 is 4.26. The van der Waals surface area contributed by atoms with Gasteiger partial charge in [0.1, 0.15) is 11.9 Å². The summed E-state index contributed by atoms with van der Waals surface area (Å²) in [6, 6.07) is -0.793. The van der Waals surface area contributed by atoms with Crippen LogP contribution in [0.15, 0.2) is 0 Å². The van der Waals surface area contributed by atoms with Crippen LogP contribution in [-0.2, 0) is 10.2 Å². The molecule has 1 atom stereocenters. The number of nitrogens with zero attached hydrogens (tertiary/aromatic N) is 3. The zero-order chi connectivity index (χ0) is 15.6. The second kappa shape index (κ2) is 5.97. The molecule has 2 N–H and O–H groups in total. The summed E-state index contributed by atoms with van der Waals surface area (Å²) in [5.41, 5.74) is -0.157. The molecule has 0 aromatic carbocycles. The number of hydrogen-bond acceptors (Lipinski definition) is 5. The first kappa shape index (κ1) is 15.7. The first-order chi connectivity index (χ1) is 9.79. The lowest BCUT2D eigenvalue weighted by molar-refractivity contribution is -0.124. The van der Waals surface area contributed by atoms with E-state index < -0.39 is 6.04 Å². The van der Waals surface area contributed by atoms with Gasteiger partial charge in [0.05, 0.1) is 0 Å². The van der Waals surface area contributed by atoms with Crippen LogP contribution < -0.4 is 10.6 Å². The average molecular weight is 311 g/mol. The Bertz CT molecular complexity index is 537. The Kier molecular flexibility index (Phi) is 4.46. The van der Waals surface area contributed by atoms with Gasteiger partial charge < -0.3 is 10.2 Å². The normalized spacial score (nSPS) is 19.9. The second-order valence-corrected chi connectivity index (χ2v) is 6.87. The molecule has 3 amide bonds. The van der Waals surface area contributed by atoms with Gasteiger partial charge in [-0.1, -0.05) is 20.8 Å². The molecule has 0 bridgehead atoms. The summed E-state index contributed by atoms with van der Waals surface area (Å²) in [7, 11) is 0. The fraction of sp³-hybridized carbons (Fsp3) is 0.692. The minimum absolute atomic E-state index is 0.129. The van der Waals surface area contributed by atoms with E-state index >= 15 is 0 Å². The fourth-order valence-corrected chi connectivity index (χ4v) is 2.71. The van der Waals surface area contributed by atoms with Crippen LogP contribution in [0.1, 0.15) is 39.9 Å². The quantitative estimate of drug-likeness (QED) is 0.824. The minimum atomic E-state index is -0.484. The van der Waals surface area contributed by atoms with Crippen molar-refractivity contribution in [1.82, 2.24) is 19.6 Å². The van der Waals surface area contributed by atoms with Gasteiger partial charge in [-0.15, -0.1) is 0 Å². The van der Waals surface area contributed by atoms with Crippen LogP contribution in [0.2, 0.25) is 0 Å². The number of rotatable bonds is 1.